The van der Waals surface area contributed by atoms with Crippen molar-refractivity contribution in [1.29, 1.82) is 0 Å². The van der Waals surface area contributed by atoms with Crippen LogP contribution in [-0.4, -0.2) is 41.0 Å². The second-order valence-corrected chi connectivity index (χ2v) is 5.79. The Balaban J connectivity index is 2.02. The average molecular weight is 293 g/mol. The van der Waals surface area contributed by atoms with Gasteiger partial charge in [0.2, 0.25) is 11.8 Å². The Bertz CT molecular complexity index is 507. The number of likely N-dealkylation sites (tertiary alicyclic amines) is 1. The minimum absolute atomic E-state index is 0.0410. The summed E-state index contributed by atoms with van der Waals surface area (Å²) in [7, 11) is 0. The summed E-state index contributed by atoms with van der Waals surface area (Å²) in [4.78, 5) is 30.5. The lowest BCUT2D eigenvalue weighted by Crippen LogP contribution is -2.44. The third-order valence-electron chi connectivity index (χ3n) is 3.60. The summed E-state index contributed by atoms with van der Waals surface area (Å²) < 4.78 is 0. The maximum Gasteiger partial charge on any atom is 0.227 e. The predicted molar refractivity (Wildman–Crippen MR) is 78.2 cm³/mol. The summed E-state index contributed by atoms with van der Waals surface area (Å²) in [5, 5.41) is 0. The highest BCUT2D eigenvalue weighted by molar-refractivity contribution is 7.98. The third-order valence-corrected chi connectivity index (χ3v) is 4.43. The summed E-state index contributed by atoms with van der Waals surface area (Å²) in [6.45, 7) is 1.15. The van der Waals surface area contributed by atoms with Crippen molar-refractivity contribution in [2.45, 2.75) is 24.2 Å². The van der Waals surface area contributed by atoms with Crippen LogP contribution < -0.4 is 5.73 Å². The molecule has 2 heterocycles. The highest BCUT2D eigenvalue weighted by Gasteiger charge is 2.27. The van der Waals surface area contributed by atoms with Crippen molar-refractivity contribution in [3.05, 3.63) is 24.0 Å². The summed E-state index contributed by atoms with van der Waals surface area (Å²) in [5.41, 5.74) is 6.27. The van der Waals surface area contributed by atoms with Crippen LogP contribution in [0.5, 0.6) is 0 Å². The fraction of sp³-hybridized carbons (Fsp3) is 0.500. The second kappa shape index (κ2) is 6.74. The van der Waals surface area contributed by atoms with E-state index in [9.17, 15) is 9.59 Å². The molecule has 6 heteroatoms. The van der Waals surface area contributed by atoms with Crippen LogP contribution >= 0.6 is 11.8 Å². The molecule has 5 nitrogen and oxygen atoms in total. The third kappa shape index (κ3) is 3.50. The van der Waals surface area contributed by atoms with Gasteiger partial charge in [0, 0.05) is 30.4 Å². The van der Waals surface area contributed by atoms with Crippen LogP contribution in [0.3, 0.4) is 0 Å². The number of piperidine rings is 1. The number of hydrogen-bond donors (Lipinski definition) is 1. The first-order chi connectivity index (χ1) is 9.61. The predicted octanol–water partition coefficient (Wildman–Crippen LogP) is 1.07. The Labute approximate surface area is 122 Å². The Hall–Kier alpha value is -1.56. The highest BCUT2D eigenvalue weighted by atomic mass is 32.2. The Morgan fingerprint density at radius 3 is 3.05 bits per heavy atom. The van der Waals surface area contributed by atoms with Crippen molar-refractivity contribution < 1.29 is 9.59 Å². The number of nitrogens with zero attached hydrogens (tertiary/aromatic N) is 2. The fourth-order valence-corrected chi connectivity index (χ4v) is 3.04. The molecule has 2 amide bonds. The van der Waals surface area contributed by atoms with Crippen LogP contribution in [0.15, 0.2) is 23.4 Å². The zero-order chi connectivity index (χ0) is 14.5. The van der Waals surface area contributed by atoms with E-state index in [4.69, 9.17) is 5.73 Å². The van der Waals surface area contributed by atoms with Crippen molar-refractivity contribution in [2.24, 2.45) is 11.7 Å². The largest absolute Gasteiger partial charge is 0.369 e. The van der Waals surface area contributed by atoms with Crippen molar-refractivity contribution in [2.75, 3.05) is 19.3 Å². The number of nitrogens with two attached hydrogens (primary N) is 1. The van der Waals surface area contributed by atoms with Crippen LogP contribution in [0.1, 0.15) is 18.4 Å². The van der Waals surface area contributed by atoms with Gasteiger partial charge in [-0.05, 0) is 30.7 Å². The zero-order valence-electron chi connectivity index (χ0n) is 11.5. The lowest BCUT2D eigenvalue weighted by atomic mass is 9.97. The molecule has 0 bridgehead atoms. The quantitative estimate of drug-likeness (QED) is 0.843. The minimum Gasteiger partial charge on any atom is -0.369 e. The van der Waals surface area contributed by atoms with Crippen molar-refractivity contribution in [1.82, 2.24) is 9.88 Å². The first-order valence-electron chi connectivity index (χ1n) is 6.65. The van der Waals surface area contributed by atoms with Gasteiger partial charge in [-0.3, -0.25) is 14.6 Å². The number of pyridine rings is 1. The van der Waals surface area contributed by atoms with Gasteiger partial charge in [-0.1, -0.05) is 0 Å². The molecule has 0 radical (unpaired) electrons. The molecule has 1 aromatic heterocycles. The normalized spacial score (nSPS) is 18.9. The van der Waals surface area contributed by atoms with Gasteiger partial charge in [0.15, 0.2) is 0 Å². The van der Waals surface area contributed by atoms with Gasteiger partial charge < -0.3 is 10.6 Å². The molecule has 108 valence electrons. The van der Waals surface area contributed by atoms with Gasteiger partial charge in [-0.15, -0.1) is 11.8 Å². The van der Waals surface area contributed by atoms with Crippen molar-refractivity contribution in [3.63, 3.8) is 0 Å². The first-order valence-corrected chi connectivity index (χ1v) is 7.88. The molecule has 1 saturated heterocycles. The lowest BCUT2D eigenvalue weighted by Gasteiger charge is -2.31. The fourth-order valence-electron chi connectivity index (χ4n) is 2.46. The Kier molecular flexibility index (Phi) is 5.00. The van der Waals surface area contributed by atoms with Crippen LogP contribution in [0.2, 0.25) is 0 Å². The average Bonchev–Trinajstić information content (AvgIpc) is 2.48. The van der Waals surface area contributed by atoms with E-state index in [0.29, 0.717) is 19.5 Å². The van der Waals surface area contributed by atoms with E-state index in [1.807, 2.05) is 12.3 Å². The number of primary amides is 1. The lowest BCUT2D eigenvalue weighted by molar-refractivity contribution is -0.134. The van der Waals surface area contributed by atoms with Crippen molar-refractivity contribution >= 4 is 23.6 Å². The standard InChI is InChI=1S/C14H19N3O2S/c1-20-12-4-5-16-8-11(12)7-13(18)17-6-2-3-10(9-17)14(15)19/h4-5,8,10H,2-3,6-7,9H2,1H3,(H2,15,19)/t10-/m0/s1. The van der Waals surface area contributed by atoms with E-state index in [1.54, 1.807) is 29.1 Å². The van der Waals surface area contributed by atoms with Gasteiger partial charge >= 0.3 is 0 Å². The molecule has 1 atom stereocenters. The summed E-state index contributed by atoms with van der Waals surface area (Å²) in [5.74, 6) is -0.477. The summed E-state index contributed by atoms with van der Waals surface area (Å²) >= 11 is 1.60. The molecule has 1 aromatic rings. The van der Waals surface area contributed by atoms with E-state index < -0.39 is 0 Å². The summed E-state index contributed by atoms with van der Waals surface area (Å²) in [6.07, 6.45) is 7.38. The first kappa shape index (κ1) is 14.8. The molecular weight excluding hydrogens is 274 g/mol. The Morgan fingerprint density at radius 1 is 1.55 bits per heavy atom. The summed E-state index contributed by atoms with van der Waals surface area (Å²) in [6, 6.07) is 1.91. The van der Waals surface area contributed by atoms with Gasteiger partial charge in [0.25, 0.3) is 0 Å². The van der Waals surface area contributed by atoms with Crippen LogP contribution in [0.4, 0.5) is 0 Å². The SMILES string of the molecule is CSc1ccncc1CC(=O)N1CCC[C@H](C(N)=O)C1. The van der Waals surface area contributed by atoms with Gasteiger partial charge in [0.05, 0.1) is 12.3 Å². The molecular formula is C14H19N3O2S. The molecule has 20 heavy (non-hydrogen) atoms. The molecule has 0 saturated carbocycles. The Morgan fingerprint density at radius 2 is 2.35 bits per heavy atom. The zero-order valence-corrected chi connectivity index (χ0v) is 12.4. The smallest absolute Gasteiger partial charge is 0.227 e. The second-order valence-electron chi connectivity index (χ2n) is 4.95. The molecule has 0 unspecified atom stereocenters. The van der Waals surface area contributed by atoms with Gasteiger partial charge in [-0.25, -0.2) is 0 Å². The maximum absolute atomic E-state index is 12.3. The molecule has 1 aliphatic heterocycles. The number of carbonyl (C=O) groups excluding carboxylic acids is 2. The molecule has 1 aliphatic rings. The molecule has 2 rings (SSSR count). The number of thioether (sulfide) groups is 1. The van der Waals surface area contributed by atoms with Crippen LogP contribution in [-0.2, 0) is 16.0 Å². The van der Waals surface area contributed by atoms with Gasteiger partial charge in [0.1, 0.15) is 0 Å². The van der Waals surface area contributed by atoms with E-state index in [2.05, 4.69) is 4.98 Å². The van der Waals surface area contributed by atoms with Crippen LogP contribution in [0.25, 0.3) is 0 Å². The monoisotopic (exact) mass is 293 g/mol. The number of aromatic nitrogens is 1. The van der Waals surface area contributed by atoms with Crippen LogP contribution in [0, 0.1) is 5.92 Å². The van der Waals surface area contributed by atoms with E-state index in [0.717, 1.165) is 23.3 Å². The topological polar surface area (TPSA) is 76.3 Å². The van der Waals surface area contributed by atoms with E-state index in [1.165, 1.54) is 0 Å². The number of carbonyl (C=O) groups is 2. The van der Waals surface area contributed by atoms with E-state index >= 15 is 0 Å². The number of hydrogen-bond acceptors (Lipinski definition) is 4. The van der Waals surface area contributed by atoms with Crippen molar-refractivity contribution in [3.8, 4) is 0 Å². The number of amides is 2. The highest BCUT2D eigenvalue weighted by Crippen LogP contribution is 2.21. The molecule has 2 N–H and O–H groups in total. The van der Waals surface area contributed by atoms with Gasteiger partial charge in [-0.2, -0.15) is 0 Å². The molecule has 1 fully saturated rings. The van der Waals surface area contributed by atoms with E-state index in [-0.39, 0.29) is 17.7 Å². The maximum atomic E-state index is 12.3. The minimum atomic E-state index is -0.311. The number of rotatable bonds is 4. The molecule has 0 aliphatic carbocycles. The molecule has 0 spiro atoms. The molecule has 0 aromatic carbocycles.